The topological polar surface area (TPSA) is 89.2 Å². The third-order valence-electron chi connectivity index (χ3n) is 4.93. The molecular weight excluding hydrogens is 356 g/mol. The summed E-state index contributed by atoms with van der Waals surface area (Å²) in [5.74, 6) is 0.347. The average Bonchev–Trinajstić information content (AvgIpc) is 3.36. The number of fused-ring (bicyclic) bond motifs is 1. The fraction of sp³-hybridized carbons (Fsp3) is 0.286. The van der Waals surface area contributed by atoms with Gasteiger partial charge in [0.25, 0.3) is 11.8 Å². The van der Waals surface area contributed by atoms with E-state index in [4.69, 9.17) is 4.42 Å². The lowest BCUT2D eigenvalue weighted by Gasteiger charge is -2.17. The molecule has 7 heteroatoms. The van der Waals surface area contributed by atoms with Crippen LogP contribution in [0.5, 0.6) is 0 Å². The van der Waals surface area contributed by atoms with Crippen LogP contribution in [0.2, 0.25) is 0 Å². The Morgan fingerprint density at radius 2 is 2.00 bits per heavy atom. The average molecular weight is 378 g/mol. The minimum Gasteiger partial charge on any atom is -0.467 e. The van der Waals surface area contributed by atoms with Gasteiger partial charge in [0.1, 0.15) is 11.5 Å². The van der Waals surface area contributed by atoms with Crippen molar-refractivity contribution in [2.24, 2.45) is 0 Å². The van der Waals surface area contributed by atoms with Crippen molar-refractivity contribution in [1.29, 1.82) is 0 Å². The van der Waals surface area contributed by atoms with Crippen molar-refractivity contribution >= 4 is 17.5 Å². The lowest BCUT2D eigenvalue weighted by molar-refractivity contribution is 0.0942. The van der Waals surface area contributed by atoms with E-state index in [0.29, 0.717) is 18.0 Å². The first-order valence-electron chi connectivity index (χ1n) is 9.40. The predicted octanol–water partition coefficient (Wildman–Crippen LogP) is 3.30. The van der Waals surface area contributed by atoms with E-state index in [1.807, 2.05) is 35.8 Å². The monoisotopic (exact) mass is 378 g/mol. The van der Waals surface area contributed by atoms with Crippen LogP contribution in [0, 0.1) is 6.92 Å². The van der Waals surface area contributed by atoms with Gasteiger partial charge in [-0.1, -0.05) is 18.2 Å². The number of carbonyl (C=O) groups excluding carboxylic acids is 2. The standard InChI is InChI=1S/C21H22N4O3/c1-14-7-2-3-9-16(14)23-21(27)19-24-18(17-10-4-5-11-25(17)19)20(26)22-13-15-8-6-12-28-15/h2-3,6-9,12H,4-5,10-11,13H2,1H3,(H,22,26)(H,23,27). The number of aryl methyl sites for hydroxylation is 1. The van der Waals surface area contributed by atoms with E-state index in [1.165, 1.54) is 0 Å². The van der Waals surface area contributed by atoms with Gasteiger partial charge in [0.2, 0.25) is 0 Å². The molecule has 0 radical (unpaired) electrons. The zero-order valence-electron chi connectivity index (χ0n) is 15.7. The smallest absolute Gasteiger partial charge is 0.291 e. The summed E-state index contributed by atoms with van der Waals surface area (Å²) in [4.78, 5) is 30.0. The molecule has 0 saturated heterocycles. The Morgan fingerprint density at radius 1 is 1.14 bits per heavy atom. The number of hydrogen-bond donors (Lipinski definition) is 2. The Labute approximate surface area is 162 Å². The second kappa shape index (κ2) is 7.72. The maximum absolute atomic E-state index is 12.9. The molecule has 3 aromatic rings. The van der Waals surface area contributed by atoms with Crippen LogP contribution in [0.3, 0.4) is 0 Å². The summed E-state index contributed by atoms with van der Waals surface area (Å²) in [6, 6.07) is 11.1. The van der Waals surface area contributed by atoms with Gasteiger partial charge >= 0.3 is 0 Å². The molecule has 1 aliphatic heterocycles. The highest BCUT2D eigenvalue weighted by molar-refractivity contribution is 6.04. The summed E-state index contributed by atoms with van der Waals surface area (Å²) in [6.07, 6.45) is 4.23. The van der Waals surface area contributed by atoms with E-state index in [-0.39, 0.29) is 24.2 Å². The van der Waals surface area contributed by atoms with Crippen LogP contribution < -0.4 is 10.6 Å². The number of imidazole rings is 1. The van der Waals surface area contributed by atoms with Crippen LogP contribution in [0.25, 0.3) is 0 Å². The molecule has 4 rings (SSSR count). The molecule has 0 fully saturated rings. The lowest BCUT2D eigenvalue weighted by Crippen LogP contribution is -2.25. The number of furan rings is 1. The molecule has 0 saturated carbocycles. The normalized spacial score (nSPS) is 13.0. The van der Waals surface area contributed by atoms with Crippen LogP contribution in [0.1, 0.15) is 51.0 Å². The van der Waals surface area contributed by atoms with Crippen molar-refractivity contribution in [1.82, 2.24) is 14.9 Å². The molecule has 144 valence electrons. The summed E-state index contributed by atoms with van der Waals surface area (Å²) in [5.41, 5.74) is 2.85. The van der Waals surface area contributed by atoms with Crippen molar-refractivity contribution in [3.8, 4) is 0 Å². The number of nitrogens with one attached hydrogen (secondary N) is 2. The summed E-state index contributed by atoms with van der Waals surface area (Å²) in [7, 11) is 0. The Hall–Kier alpha value is -3.35. The van der Waals surface area contributed by atoms with Gasteiger partial charge in [-0.2, -0.15) is 0 Å². The second-order valence-corrected chi connectivity index (χ2v) is 6.87. The van der Waals surface area contributed by atoms with Crippen molar-refractivity contribution in [3.63, 3.8) is 0 Å². The molecule has 7 nitrogen and oxygen atoms in total. The fourth-order valence-corrected chi connectivity index (χ4v) is 3.45. The first kappa shape index (κ1) is 18.0. The van der Waals surface area contributed by atoms with E-state index >= 15 is 0 Å². The molecule has 3 heterocycles. The van der Waals surface area contributed by atoms with Crippen molar-refractivity contribution in [3.05, 3.63) is 71.2 Å². The molecule has 0 spiro atoms. The predicted molar refractivity (Wildman–Crippen MR) is 104 cm³/mol. The fourth-order valence-electron chi connectivity index (χ4n) is 3.45. The zero-order valence-corrected chi connectivity index (χ0v) is 15.7. The number of amides is 2. The van der Waals surface area contributed by atoms with Crippen LogP contribution in [-0.2, 0) is 19.5 Å². The van der Waals surface area contributed by atoms with Crippen molar-refractivity contribution < 1.29 is 14.0 Å². The molecule has 0 bridgehead atoms. The molecule has 2 amide bonds. The third kappa shape index (κ3) is 3.55. The van der Waals surface area contributed by atoms with Crippen LogP contribution in [0.15, 0.2) is 47.1 Å². The summed E-state index contributed by atoms with van der Waals surface area (Å²) in [6.45, 7) is 2.90. The van der Waals surface area contributed by atoms with E-state index in [2.05, 4.69) is 15.6 Å². The molecule has 0 unspecified atom stereocenters. The first-order chi connectivity index (χ1) is 13.6. The molecule has 1 aromatic carbocycles. The van der Waals surface area contributed by atoms with Crippen molar-refractivity contribution in [2.45, 2.75) is 39.3 Å². The van der Waals surface area contributed by atoms with Gasteiger partial charge < -0.3 is 19.6 Å². The van der Waals surface area contributed by atoms with Gasteiger partial charge in [0.15, 0.2) is 5.82 Å². The number of hydrogen-bond acceptors (Lipinski definition) is 4. The van der Waals surface area contributed by atoms with Gasteiger partial charge in [-0.15, -0.1) is 0 Å². The maximum Gasteiger partial charge on any atom is 0.291 e. The van der Waals surface area contributed by atoms with Crippen molar-refractivity contribution in [2.75, 3.05) is 5.32 Å². The highest BCUT2D eigenvalue weighted by atomic mass is 16.3. The summed E-state index contributed by atoms with van der Waals surface area (Å²) >= 11 is 0. The molecular formula is C21H22N4O3. The second-order valence-electron chi connectivity index (χ2n) is 6.87. The molecule has 2 aromatic heterocycles. The van der Waals surface area contributed by atoms with Gasteiger partial charge in [-0.25, -0.2) is 4.98 Å². The van der Waals surface area contributed by atoms with Gasteiger partial charge in [-0.3, -0.25) is 9.59 Å². The highest BCUT2D eigenvalue weighted by Gasteiger charge is 2.27. The number of benzene rings is 1. The molecule has 2 N–H and O–H groups in total. The van der Waals surface area contributed by atoms with E-state index in [9.17, 15) is 9.59 Å². The Kier molecular flexibility index (Phi) is 4.97. The number of aromatic nitrogens is 2. The SMILES string of the molecule is Cc1ccccc1NC(=O)c1nc(C(=O)NCc2ccco2)c2n1CCCC2. The Morgan fingerprint density at radius 3 is 2.79 bits per heavy atom. The maximum atomic E-state index is 12.9. The van der Waals surface area contributed by atoms with Crippen LogP contribution in [-0.4, -0.2) is 21.4 Å². The lowest BCUT2D eigenvalue weighted by atomic mass is 10.1. The van der Waals surface area contributed by atoms with E-state index in [0.717, 1.165) is 36.2 Å². The summed E-state index contributed by atoms with van der Waals surface area (Å²) < 4.78 is 7.12. The van der Waals surface area contributed by atoms with Gasteiger partial charge in [0.05, 0.1) is 18.5 Å². The van der Waals surface area contributed by atoms with Crippen LogP contribution >= 0.6 is 0 Å². The first-order valence-corrected chi connectivity index (χ1v) is 9.40. The minimum atomic E-state index is -0.303. The molecule has 28 heavy (non-hydrogen) atoms. The van der Waals surface area contributed by atoms with Gasteiger partial charge in [-0.05, 0) is 49.9 Å². The van der Waals surface area contributed by atoms with E-state index in [1.54, 1.807) is 18.4 Å². The Bertz CT molecular complexity index is 1000. The van der Waals surface area contributed by atoms with E-state index < -0.39 is 0 Å². The number of rotatable bonds is 5. The minimum absolute atomic E-state index is 0.279. The molecule has 1 aliphatic rings. The third-order valence-corrected chi connectivity index (χ3v) is 4.93. The van der Waals surface area contributed by atoms with Crippen LogP contribution in [0.4, 0.5) is 5.69 Å². The quantitative estimate of drug-likeness (QED) is 0.713. The zero-order chi connectivity index (χ0) is 19.5. The Balaban J connectivity index is 1.58. The van der Waals surface area contributed by atoms with Gasteiger partial charge in [0, 0.05) is 12.2 Å². The summed E-state index contributed by atoms with van der Waals surface area (Å²) in [5, 5.41) is 5.74. The number of para-hydroxylation sites is 1. The highest BCUT2D eigenvalue weighted by Crippen LogP contribution is 2.22. The largest absolute Gasteiger partial charge is 0.467 e. The number of nitrogens with zero attached hydrogens (tertiary/aromatic N) is 2. The number of anilines is 1. The molecule has 0 atom stereocenters. The number of carbonyl (C=O) groups is 2. The molecule has 0 aliphatic carbocycles.